The molecule has 0 saturated carbocycles. The smallest absolute Gasteiger partial charge is 0.336 e. The summed E-state index contributed by atoms with van der Waals surface area (Å²) in [6, 6.07) is 9.45. The van der Waals surface area contributed by atoms with Crippen LogP contribution in [0.2, 0.25) is 0 Å². The van der Waals surface area contributed by atoms with Crippen molar-refractivity contribution in [3.8, 4) is 0 Å². The van der Waals surface area contributed by atoms with Crippen molar-refractivity contribution in [1.29, 1.82) is 0 Å². The molecule has 3 unspecified atom stereocenters. The highest BCUT2D eigenvalue weighted by molar-refractivity contribution is 7.10. The van der Waals surface area contributed by atoms with Crippen LogP contribution in [0.3, 0.4) is 0 Å². The van der Waals surface area contributed by atoms with Crippen LogP contribution in [0.1, 0.15) is 60.4 Å². The van der Waals surface area contributed by atoms with E-state index in [0.29, 0.717) is 41.7 Å². The third-order valence-corrected chi connectivity index (χ3v) is 8.72. The zero-order chi connectivity index (χ0) is 26.4. The molecule has 1 aromatic carbocycles. The van der Waals surface area contributed by atoms with Crippen LogP contribution in [0.15, 0.2) is 73.7 Å². The summed E-state index contributed by atoms with van der Waals surface area (Å²) in [5.41, 5.74) is 3.44. The van der Waals surface area contributed by atoms with E-state index in [1.807, 2.05) is 30.5 Å². The van der Waals surface area contributed by atoms with Crippen LogP contribution in [0.4, 0.5) is 0 Å². The van der Waals surface area contributed by atoms with Crippen LogP contribution >= 0.6 is 11.3 Å². The second-order valence-electron chi connectivity index (χ2n) is 10.3. The summed E-state index contributed by atoms with van der Waals surface area (Å²) in [7, 11) is 0. The van der Waals surface area contributed by atoms with E-state index in [4.69, 9.17) is 13.9 Å². The highest BCUT2D eigenvalue weighted by Crippen LogP contribution is 2.46. The van der Waals surface area contributed by atoms with Crippen LogP contribution in [-0.2, 0) is 19.1 Å². The molecule has 8 heteroatoms. The molecule has 6 rings (SSSR count). The van der Waals surface area contributed by atoms with Crippen molar-refractivity contribution >= 4 is 34.1 Å². The predicted molar refractivity (Wildman–Crippen MR) is 144 cm³/mol. The summed E-state index contributed by atoms with van der Waals surface area (Å²) in [5, 5.41) is 5.78. The van der Waals surface area contributed by atoms with Crippen molar-refractivity contribution in [1.82, 2.24) is 5.32 Å². The number of Topliss-reactive ketones (excluding diaryl/α,β-unsaturated/α-hetero) is 1. The zero-order valence-corrected chi connectivity index (χ0v) is 22.2. The van der Waals surface area contributed by atoms with Crippen molar-refractivity contribution in [2.75, 3.05) is 13.2 Å². The van der Waals surface area contributed by atoms with Gasteiger partial charge < -0.3 is 19.2 Å². The predicted octanol–water partition coefficient (Wildman–Crippen LogP) is 5.25. The normalized spacial score (nSPS) is 23.5. The second-order valence-corrected chi connectivity index (χ2v) is 11.3. The number of carbonyl (C=O) groups excluding carboxylic acids is 2. The number of nitrogens with one attached hydrogen (secondary N) is 1. The summed E-state index contributed by atoms with van der Waals surface area (Å²) in [4.78, 5) is 42.3. The Balaban J connectivity index is 1.45. The van der Waals surface area contributed by atoms with Crippen molar-refractivity contribution in [2.24, 2.45) is 0 Å². The first-order chi connectivity index (χ1) is 18.4. The molecular weight excluding hydrogens is 502 g/mol. The first kappa shape index (κ1) is 24.8. The largest absolute Gasteiger partial charge is 0.464 e. The third-order valence-electron chi connectivity index (χ3n) is 7.68. The van der Waals surface area contributed by atoms with Crippen LogP contribution in [0, 0.1) is 6.92 Å². The number of allylic oxidation sites excluding steroid dienone is 3. The number of hydrogen-bond acceptors (Lipinski definition) is 8. The molecule has 1 fully saturated rings. The van der Waals surface area contributed by atoms with E-state index in [1.165, 1.54) is 6.26 Å². The summed E-state index contributed by atoms with van der Waals surface area (Å²) in [6.07, 6.45) is 3.96. The second kappa shape index (κ2) is 10.0. The summed E-state index contributed by atoms with van der Waals surface area (Å²) in [6.45, 7) is 4.49. The lowest BCUT2D eigenvalue weighted by atomic mass is 9.73. The number of rotatable bonds is 5. The summed E-state index contributed by atoms with van der Waals surface area (Å²) < 4.78 is 17.2. The van der Waals surface area contributed by atoms with Crippen molar-refractivity contribution in [3.63, 3.8) is 0 Å². The minimum atomic E-state index is -0.874. The van der Waals surface area contributed by atoms with Gasteiger partial charge in [-0.1, -0.05) is 17.7 Å². The van der Waals surface area contributed by atoms with Gasteiger partial charge in [-0.3, -0.25) is 9.59 Å². The Morgan fingerprint density at radius 1 is 1.18 bits per heavy atom. The SMILES string of the molecule is CC1=C(C(=O)OCC2CCCO2)C(c2coc3ccc(C)cc3c2=O)C2=C(CC(c3cccs3)CC2=O)N1. The minimum Gasteiger partial charge on any atom is -0.464 e. The van der Waals surface area contributed by atoms with Crippen molar-refractivity contribution in [2.45, 2.75) is 57.5 Å². The van der Waals surface area contributed by atoms with Gasteiger partial charge in [0.25, 0.3) is 0 Å². The number of carbonyl (C=O) groups is 2. The lowest BCUT2D eigenvalue weighted by molar-refractivity contribution is -0.142. The Kier molecular flexibility index (Phi) is 6.53. The maximum atomic E-state index is 13.8. The Labute approximate surface area is 224 Å². The highest BCUT2D eigenvalue weighted by atomic mass is 32.1. The van der Waals surface area contributed by atoms with Gasteiger partial charge in [0.2, 0.25) is 0 Å². The summed E-state index contributed by atoms with van der Waals surface area (Å²) in [5.74, 6) is -1.46. The molecule has 1 aliphatic carbocycles. The maximum absolute atomic E-state index is 13.8. The van der Waals surface area contributed by atoms with Gasteiger partial charge in [0, 0.05) is 46.4 Å². The van der Waals surface area contributed by atoms with Gasteiger partial charge in [-0.2, -0.15) is 0 Å². The molecule has 3 atom stereocenters. The number of ether oxygens (including phenoxy) is 2. The first-order valence-corrected chi connectivity index (χ1v) is 13.9. The summed E-state index contributed by atoms with van der Waals surface area (Å²) >= 11 is 1.63. The van der Waals surface area contributed by atoms with E-state index < -0.39 is 11.9 Å². The fourth-order valence-corrected chi connectivity index (χ4v) is 6.66. The van der Waals surface area contributed by atoms with Crippen LogP contribution in [0.5, 0.6) is 0 Å². The molecule has 2 aromatic heterocycles. The number of aryl methyl sites for hydroxylation is 1. The van der Waals surface area contributed by atoms with Crippen molar-refractivity contribution < 1.29 is 23.5 Å². The molecule has 0 radical (unpaired) electrons. The molecule has 1 N–H and O–H groups in total. The fraction of sp³-hybridized carbons (Fsp3) is 0.367. The van der Waals surface area contributed by atoms with Gasteiger partial charge in [-0.15, -0.1) is 11.3 Å². The van der Waals surface area contributed by atoms with E-state index in [-0.39, 0.29) is 41.0 Å². The molecule has 196 valence electrons. The molecule has 2 aliphatic heterocycles. The molecule has 1 saturated heterocycles. The van der Waals surface area contributed by atoms with Gasteiger partial charge >= 0.3 is 5.97 Å². The molecule has 0 amide bonds. The first-order valence-electron chi connectivity index (χ1n) is 13.0. The molecule has 0 bridgehead atoms. The Bertz CT molecular complexity index is 1540. The van der Waals surface area contributed by atoms with E-state index >= 15 is 0 Å². The Hall–Kier alpha value is -3.49. The van der Waals surface area contributed by atoms with E-state index in [9.17, 15) is 14.4 Å². The van der Waals surface area contributed by atoms with Gasteiger partial charge in [0.1, 0.15) is 12.2 Å². The molecule has 4 heterocycles. The number of esters is 1. The van der Waals surface area contributed by atoms with Crippen LogP contribution in [0.25, 0.3) is 11.0 Å². The van der Waals surface area contributed by atoms with Gasteiger partial charge in [-0.05, 0) is 56.7 Å². The number of ketones is 1. The molecule has 7 nitrogen and oxygen atoms in total. The van der Waals surface area contributed by atoms with Crippen LogP contribution < -0.4 is 10.7 Å². The Morgan fingerprint density at radius 2 is 2.05 bits per heavy atom. The number of hydrogen-bond donors (Lipinski definition) is 1. The lowest BCUT2D eigenvalue weighted by Crippen LogP contribution is -2.37. The van der Waals surface area contributed by atoms with Gasteiger partial charge in [0.05, 0.1) is 29.2 Å². The molecule has 38 heavy (non-hydrogen) atoms. The van der Waals surface area contributed by atoms with Gasteiger partial charge in [-0.25, -0.2) is 4.79 Å². The lowest BCUT2D eigenvalue weighted by Gasteiger charge is -2.36. The zero-order valence-electron chi connectivity index (χ0n) is 21.4. The quantitative estimate of drug-likeness (QED) is 0.450. The number of thiophene rings is 1. The average molecular weight is 532 g/mol. The van der Waals surface area contributed by atoms with Gasteiger partial charge in [0.15, 0.2) is 11.2 Å². The monoisotopic (exact) mass is 531 g/mol. The number of fused-ring (bicyclic) bond motifs is 1. The number of dihydropyridines is 1. The third kappa shape index (κ3) is 4.41. The molecule has 3 aromatic rings. The van der Waals surface area contributed by atoms with Crippen LogP contribution in [-0.4, -0.2) is 31.1 Å². The highest BCUT2D eigenvalue weighted by Gasteiger charge is 2.43. The van der Waals surface area contributed by atoms with Crippen molar-refractivity contribution in [3.05, 3.63) is 90.7 Å². The van der Waals surface area contributed by atoms with E-state index in [2.05, 4.69) is 5.32 Å². The van der Waals surface area contributed by atoms with E-state index in [1.54, 1.807) is 30.4 Å². The Morgan fingerprint density at radius 3 is 2.82 bits per heavy atom. The minimum absolute atomic E-state index is 0.0471. The average Bonchev–Trinajstić information content (AvgIpc) is 3.62. The van der Waals surface area contributed by atoms with E-state index in [0.717, 1.165) is 29.0 Å². The standard InChI is InChI=1S/C30H29NO6S/c1-16-7-8-24-20(11-16)29(33)21(15-36-24)27-26(30(34)37-14-19-5-3-9-35-19)17(2)31-22-12-18(13-23(32)28(22)27)25-6-4-10-38-25/h4,6-8,10-11,15,18-19,27,31H,3,5,9,12-14H2,1-2H3. The fourth-order valence-electron chi connectivity index (χ4n) is 5.83. The number of benzene rings is 1. The molecule has 3 aliphatic rings. The topological polar surface area (TPSA) is 94.8 Å². The molecular formula is C30H29NO6S. The maximum Gasteiger partial charge on any atom is 0.336 e. The molecule has 0 spiro atoms.